The summed E-state index contributed by atoms with van der Waals surface area (Å²) >= 11 is 4.76. The Hall–Kier alpha value is 0.700. The van der Waals surface area contributed by atoms with Gasteiger partial charge in [0.2, 0.25) is 0 Å². The van der Waals surface area contributed by atoms with Gasteiger partial charge in [-0.15, -0.1) is 23.5 Å². The minimum atomic E-state index is 0.602. The van der Waals surface area contributed by atoms with Crippen LogP contribution >= 0.6 is 23.5 Å². The molecule has 5 rings (SSSR count). The van der Waals surface area contributed by atoms with Crippen molar-refractivity contribution >= 4 is 23.5 Å². The molecule has 4 saturated carbocycles. The van der Waals surface area contributed by atoms with Gasteiger partial charge < -0.3 is 0 Å². The van der Waals surface area contributed by atoms with Gasteiger partial charge in [0.15, 0.2) is 0 Å². The Kier molecular flexibility index (Phi) is 4.10. The molecule has 4 aliphatic carbocycles. The molecule has 0 nitrogen and oxygen atoms in total. The predicted molar refractivity (Wildman–Crippen MR) is 109 cm³/mol. The summed E-state index contributed by atoms with van der Waals surface area (Å²) in [6.07, 6.45) is 16.9. The maximum absolute atomic E-state index is 2.74. The highest BCUT2D eigenvalue weighted by Gasteiger charge is 2.65. The fourth-order valence-corrected chi connectivity index (χ4v) is 12.2. The molecule has 5 fully saturated rings. The summed E-state index contributed by atoms with van der Waals surface area (Å²) in [4.78, 5) is 0. The summed E-state index contributed by atoms with van der Waals surface area (Å²) in [7, 11) is 0. The second-order valence-corrected chi connectivity index (χ2v) is 13.2. The van der Waals surface area contributed by atoms with E-state index in [1.54, 1.807) is 44.9 Å². The Morgan fingerprint density at radius 3 is 2.33 bits per heavy atom. The average Bonchev–Trinajstić information content (AvgIpc) is 2.88. The van der Waals surface area contributed by atoms with E-state index >= 15 is 0 Å². The zero-order valence-corrected chi connectivity index (χ0v) is 17.5. The normalized spacial score (nSPS) is 53.2. The maximum Gasteiger partial charge on any atom is 0.0667 e. The predicted octanol–water partition coefficient (Wildman–Crippen LogP) is 6.99. The molecule has 5 aliphatic rings. The van der Waals surface area contributed by atoms with Gasteiger partial charge in [0.05, 0.1) is 4.08 Å². The summed E-state index contributed by atoms with van der Waals surface area (Å²) in [5.74, 6) is 7.14. The standard InChI is InChI=1S/C22H36S2/c1-20-11-4-3-6-16(20)7-8-17-18(20)9-12-21(2)19(17)10-13-22(21)23-14-5-15-24-22/h16-19H,3-15H2,1-2H3/t16?,17-,18+,19+,20+,21+/m1/s1. The number of hydrogen-bond acceptors (Lipinski definition) is 2. The van der Waals surface area contributed by atoms with E-state index in [4.69, 9.17) is 0 Å². The zero-order valence-electron chi connectivity index (χ0n) is 15.8. The van der Waals surface area contributed by atoms with Gasteiger partial charge in [0.25, 0.3) is 0 Å². The van der Waals surface area contributed by atoms with Crippen LogP contribution in [0.15, 0.2) is 0 Å². The second-order valence-electron chi connectivity index (χ2n) is 10.2. The smallest absolute Gasteiger partial charge is 0.0667 e. The summed E-state index contributed by atoms with van der Waals surface area (Å²) in [6.45, 7) is 5.46. The molecule has 1 saturated heterocycles. The molecule has 6 atom stereocenters. The van der Waals surface area contributed by atoms with E-state index in [1.165, 1.54) is 37.2 Å². The third-order valence-corrected chi connectivity index (χ3v) is 13.6. The van der Waals surface area contributed by atoms with Crippen LogP contribution in [0.5, 0.6) is 0 Å². The van der Waals surface area contributed by atoms with Gasteiger partial charge in [-0.3, -0.25) is 0 Å². The maximum atomic E-state index is 2.74. The molecule has 0 aromatic carbocycles. The van der Waals surface area contributed by atoms with Crippen LogP contribution in [0.2, 0.25) is 0 Å². The van der Waals surface area contributed by atoms with Crippen LogP contribution in [0.25, 0.3) is 0 Å². The van der Waals surface area contributed by atoms with Gasteiger partial charge in [0, 0.05) is 0 Å². The fourth-order valence-electron chi connectivity index (χ4n) is 8.30. The van der Waals surface area contributed by atoms with Gasteiger partial charge in [-0.25, -0.2) is 0 Å². The third kappa shape index (κ3) is 2.14. The minimum Gasteiger partial charge on any atom is -0.144 e. The first-order valence-electron chi connectivity index (χ1n) is 10.9. The molecule has 0 N–H and O–H groups in total. The molecule has 1 aliphatic heterocycles. The van der Waals surface area contributed by atoms with Gasteiger partial charge in [0.1, 0.15) is 0 Å². The lowest BCUT2D eigenvalue weighted by atomic mass is 9.45. The first kappa shape index (κ1) is 16.8. The molecule has 2 heteroatoms. The lowest BCUT2D eigenvalue weighted by molar-refractivity contribution is -0.103. The molecule has 1 unspecified atom stereocenters. The molecular weight excluding hydrogens is 328 g/mol. The fraction of sp³-hybridized carbons (Fsp3) is 1.00. The van der Waals surface area contributed by atoms with Crippen LogP contribution in [0.4, 0.5) is 0 Å². The number of rotatable bonds is 0. The highest BCUT2D eigenvalue weighted by molar-refractivity contribution is 8.18. The summed E-state index contributed by atoms with van der Waals surface area (Å²) in [6, 6.07) is 0. The van der Waals surface area contributed by atoms with Crippen LogP contribution in [0.3, 0.4) is 0 Å². The van der Waals surface area contributed by atoms with E-state index in [0.717, 1.165) is 23.7 Å². The molecule has 0 aromatic heterocycles. The van der Waals surface area contributed by atoms with Crippen molar-refractivity contribution in [2.45, 2.75) is 88.6 Å². The van der Waals surface area contributed by atoms with Gasteiger partial charge >= 0.3 is 0 Å². The average molecular weight is 365 g/mol. The number of hydrogen-bond donors (Lipinski definition) is 0. The first-order chi connectivity index (χ1) is 11.6. The molecule has 0 aromatic rings. The monoisotopic (exact) mass is 364 g/mol. The molecule has 0 amide bonds. The first-order valence-corrected chi connectivity index (χ1v) is 12.8. The van der Waals surface area contributed by atoms with Crippen molar-refractivity contribution in [1.82, 2.24) is 0 Å². The Labute approximate surface area is 158 Å². The quantitative estimate of drug-likeness (QED) is 0.454. The highest BCUT2D eigenvalue weighted by Crippen LogP contribution is 2.73. The largest absolute Gasteiger partial charge is 0.144 e. The van der Waals surface area contributed by atoms with Crippen LogP contribution in [0, 0.1) is 34.5 Å². The summed E-state index contributed by atoms with van der Waals surface area (Å²) < 4.78 is 0.602. The van der Waals surface area contributed by atoms with E-state index in [-0.39, 0.29) is 0 Å². The van der Waals surface area contributed by atoms with Crippen molar-refractivity contribution in [2.24, 2.45) is 34.5 Å². The van der Waals surface area contributed by atoms with E-state index < -0.39 is 0 Å². The molecule has 0 bridgehead atoms. The molecule has 1 heterocycles. The second kappa shape index (κ2) is 5.85. The zero-order chi connectivity index (χ0) is 16.4. The Morgan fingerprint density at radius 1 is 0.708 bits per heavy atom. The number of fused-ring (bicyclic) bond motifs is 6. The van der Waals surface area contributed by atoms with Crippen molar-refractivity contribution in [3.63, 3.8) is 0 Å². The van der Waals surface area contributed by atoms with Gasteiger partial charge in [-0.2, -0.15) is 0 Å². The highest BCUT2D eigenvalue weighted by atomic mass is 32.2. The van der Waals surface area contributed by atoms with Crippen molar-refractivity contribution in [3.05, 3.63) is 0 Å². The summed E-state index contributed by atoms with van der Waals surface area (Å²) in [5.41, 5.74) is 1.35. The van der Waals surface area contributed by atoms with Crippen molar-refractivity contribution in [1.29, 1.82) is 0 Å². The van der Waals surface area contributed by atoms with Crippen LogP contribution in [-0.4, -0.2) is 15.6 Å². The Balaban J connectivity index is 1.45. The SMILES string of the molecule is C[C@]12CCCCC1CC[C@@H]1[C@@H]2CC[C@@]2(C)[C@H]1CCC21SCCCS1. The topological polar surface area (TPSA) is 0 Å². The van der Waals surface area contributed by atoms with Crippen molar-refractivity contribution in [3.8, 4) is 0 Å². The lowest BCUT2D eigenvalue weighted by Crippen LogP contribution is -2.55. The molecular formula is C22H36S2. The van der Waals surface area contributed by atoms with E-state index in [2.05, 4.69) is 37.4 Å². The van der Waals surface area contributed by atoms with E-state index in [1.807, 2.05) is 0 Å². The summed E-state index contributed by atoms with van der Waals surface area (Å²) in [5, 5.41) is 0. The minimum absolute atomic E-state index is 0.602. The van der Waals surface area contributed by atoms with Gasteiger partial charge in [-0.1, -0.05) is 26.7 Å². The number of thioether (sulfide) groups is 2. The van der Waals surface area contributed by atoms with Crippen molar-refractivity contribution in [2.75, 3.05) is 11.5 Å². The Bertz CT molecular complexity index is 496. The van der Waals surface area contributed by atoms with Crippen LogP contribution < -0.4 is 0 Å². The van der Waals surface area contributed by atoms with Crippen molar-refractivity contribution < 1.29 is 0 Å². The van der Waals surface area contributed by atoms with Crippen LogP contribution in [0.1, 0.15) is 84.5 Å². The third-order valence-electron chi connectivity index (χ3n) is 9.59. The molecule has 24 heavy (non-hydrogen) atoms. The molecule has 0 radical (unpaired) electrons. The van der Waals surface area contributed by atoms with E-state index in [0.29, 0.717) is 14.9 Å². The Morgan fingerprint density at radius 2 is 1.50 bits per heavy atom. The molecule has 136 valence electrons. The lowest BCUT2D eigenvalue weighted by Gasteiger charge is -2.62. The van der Waals surface area contributed by atoms with Gasteiger partial charge in [-0.05, 0) is 104 Å². The molecule has 1 spiro atoms. The van der Waals surface area contributed by atoms with E-state index in [9.17, 15) is 0 Å². The van der Waals surface area contributed by atoms with Crippen LogP contribution in [-0.2, 0) is 0 Å².